The van der Waals surface area contributed by atoms with E-state index in [9.17, 15) is 4.32 Å². The molecular weight excluding hydrogens is 183 g/mol. The van der Waals surface area contributed by atoms with E-state index in [4.69, 9.17) is 15.8 Å². The molecule has 0 saturated carbocycles. The molecule has 0 heterocycles. The Hall–Kier alpha value is -0.840. The maximum absolute atomic E-state index is 11.9. The molecule has 0 unspecified atom stereocenters. The van der Waals surface area contributed by atoms with E-state index < -0.39 is 13.1 Å². The molecule has 0 aliphatic rings. The number of hydrogen-bond donors (Lipinski definition) is 3. The molecule has 1 aromatic carbocycles. The van der Waals surface area contributed by atoms with Gasteiger partial charge in [-0.3, -0.25) is 0 Å². The molecule has 0 aliphatic carbocycles. The number of benzene rings is 1. The molecule has 0 aromatic heterocycles. The molecule has 1 radical (unpaired) electrons. The van der Waals surface area contributed by atoms with E-state index in [0.29, 0.717) is 19.4 Å². The number of nitrogens with two attached hydrogens (primary N) is 1. The summed E-state index contributed by atoms with van der Waals surface area (Å²) in [6, 6.07) is 6.53. The zero-order valence-corrected chi connectivity index (χ0v) is 7.60. The van der Waals surface area contributed by atoms with Crippen molar-refractivity contribution in [2.45, 2.75) is 12.4 Å². The monoisotopic (exact) mass is 194 g/mol. The van der Waals surface area contributed by atoms with Gasteiger partial charge in [-0.15, -0.1) is 0 Å². The van der Waals surface area contributed by atoms with E-state index in [1.165, 1.54) is 0 Å². The Morgan fingerprint density at radius 3 is 2.36 bits per heavy atom. The van der Waals surface area contributed by atoms with Crippen molar-refractivity contribution in [2.24, 2.45) is 5.73 Å². The first kappa shape index (κ1) is 11.2. The van der Waals surface area contributed by atoms with Gasteiger partial charge in [-0.05, 0) is 17.4 Å². The summed E-state index contributed by atoms with van der Waals surface area (Å²) in [5.74, 6) is -0.611. The van der Waals surface area contributed by atoms with Gasteiger partial charge in [0.25, 0.3) is 0 Å². The normalized spacial score (nSPS) is 12.3. The van der Waals surface area contributed by atoms with Gasteiger partial charge < -0.3 is 20.1 Å². The van der Waals surface area contributed by atoms with E-state index in [2.05, 4.69) is 0 Å². The molecule has 0 fully saturated rings. The summed E-state index contributed by atoms with van der Waals surface area (Å²) in [6.45, 7) is 0. The van der Waals surface area contributed by atoms with Crippen LogP contribution in [-0.4, -0.2) is 30.7 Å². The highest BCUT2D eigenvalue weighted by Crippen LogP contribution is 2.00. The smallest absolute Gasteiger partial charge is 0.423 e. The van der Waals surface area contributed by atoms with Crippen LogP contribution in [0, 0.1) is 0 Å². The van der Waals surface area contributed by atoms with Gasteiger partial charge in [0.2, 0.25) is 0 Å². The maximum Gasteiger partial charge on any atom is 0.488 e. The van der Waals surface area contributed by atoms with Gasteiger partial charge in [0.15, 0.2) is 0 Å². The molecule has 1 rings (SSSR count). The Labute approximate surface area is 83.2 Å². The second-order valence-electron chi connectivity index (χ2n) is 3.11. The fourth-order valence-electron chi connectivity index (χ4n) is 1.14. The molecule has 6 heteroatoms. The standard InChI is InChI=1S/C8H11B2FNO2/c11-9-8(12)5-6-1-3-7(4-2-6)10(13)14/h1-4,8,13-14H,5,12H2/t8-/m0/s1. The minimum absolute atomic E-state index is 0.401. The predicted octanol–water partition coefficient (Wildman–Crippen LogP) is -1.22. The lowest BCUT2D eigenvalue weighted by molar-refractivity contribution is 0.426. The van der Waals surface area contributed by atoms with Crippen molar-refractivity contribution in [1.29, 1.82) is 0 Å². The first-order chi connectivity index (χ1) is 6.63. The summed E-state index contributed by atoms with van der Waals surface area (Å²) in [5, 5.41) is 17.6. The van der Waals surface area contributed by atoms with Crippen molar-refractivity contribution in [1.82, 2.24) is 0 Å². The minimum Gasteiger partial charge on any atom is -0.423 e. The quantitative estimate of drug-likeness (QED) is 0.526. The van der Waals surface area contributed by atoms with Gasteiger partial charge in [-0.1, -0.05) is 24.3 Å². The topological polar surface area (TPSA) is 66.5 Å². The molecule has 0 spiro atoms. The minimum atomic E-state index is -1.47. The zero-order chi connectivity index (χ0) is 10.6. The van der Waals surface area contributed by atoms with Crippen molar-refractivity contribution in [3.8, 4) is 0 Å². The average molecular weight is 194 g/mol. The lowest BCUT2D eigenvalue weighted by atomic mass is 9.79. The van der Waals surface area contributed by atoms with Gasteiger partial charge in [0.1, 0.15) is 0 Å². The summed E-state index contributed by atoms with van der Waals surface area (Å²) in [5.41, 5.74) is 6.64. The van der Waals surface area contributed by atoms with Crippen LogP contribution in [0.25, 0.3) is 0 Å². The molecule has 0 bridgehead atoms. The molecule has 0 aliphatic heterocycles. The highest BCUT2D eigenvalue weighted by Gasteiger charge is 2.11. The average Bonchev–Trinajstić information content (AvgIpc) is 2.18. The third kappa shape index (κ3) is 3.14. The second-order valence-corrected chi connectivity index (χ2v) is 3.11. The van der Waals surface area contributed by atoms with Crippen molar-refractivity contribution < 1.29 is 14.4 Å². The first-order valence-corrected chi connectivity index (χ1v) is 4.27. The fraction of sp³-hybridized carbons (Fsp3) is 0.250. The number of hydrogen-bond acceptors (Lipinski definition) is 3. The molecule has 3 nitrogen and oxygen atoms in total. The fourth-order valence-corrected chi connectivity index (χ4v) is 1.14. The van der Waals surface area contributed by atoms with E-state index in [0.717, 1.165) is 5.56 Å². The first-order valence-electron chi connectivity index (χ1n) is 4.27. The second kappa shape index (κ2) is 5.14. The van der Waals surface area contributed by atoms with Crippen LogP contribution < -0.4 is 11.2 Å². The zero-order valence-electron chi connectivity index (χ0n) is 7.60. The Kier molecular flexibility index (Phi) is 4.13. The molecule has 0 saturated heterocycles. The highest BCUT2D eigenvalue weighted by atomic mass is 19.1. The van der Waals surface area contributed by atoms with Crippen LogP contribution in [-0.2, 0) is 6.42 Å². The van der Waals surface area contributed by atoms with Gasteiger partial charge >= 0.3 is 14.7 Å². The maximum atomic E-state index is 11.9. The molecule has 1 aromatic rings. The Morgan fingerprint density at radius 1 is 1.36 bits per heavy atom. The Balaban J connectivity index is 2.64. The van der Waals surface area contributed by atoms with Crippen LogP contribution in [0.1, 0.15) is 5.56 Å². The van der Waals surface area contributed by atoms with E-state index in [1.54, 1.807) is 24.3 Å². The van der Waals surface area contributed by atoms with Crippen molar-refractivity contribution in [2.75, 3.05) is 0 Å². The van der Waals surface area contributed by atoms with Crippen molar-refractivity contribution in [3.05, 3.63) is 29.8 Å². The molecular formula is C8H11B2FNO2. The van der Waals surface area contributed by atoms with Crippen LogP contribution in [0.4, 0.5) is 4.32 Å². The third-order valence-electron chi connectivity index (χ3n) is 1.91. The van der Waals surface area contributed by atoms with Crippen LogP contribution in [0.5, 0.6) is 0 Å². The SMILES string of the molecule is N[C@H]([B]F)Cc1ccc(B(O)O)cc1. The van der Waals surface area contributed by atoms with Gasteiger partial charge in [-0.25, -0.2) is 0 Å². The van der Waals surface area contributed by atoms with Gasteiger partial charge in [0, 0.05) is 5.94 Å². The van der Waals surface area contributed by atoms with E-state index in [-0.39, 0.29) is 0 Å². The summed E-state index contributed by atoms with van der Waals surface area (Å²) >= 11 is 0. The number of rotatable bonds is 4. The number of halogens is 1. The predicted molar refractivity (Wildman–Crippen MR) is 54.8 cm³/mol. The lowest BCUT2D eigenvalue weighted by Gasteiger charge is -2.06. The summed E-state index contributed by atoms with van der Waals surface area (Å²) in [6.07, 6.45) is 0.401. The lowest BCUT2D eigenvalue weighted by Crippen LogP contribution is -2.30. The van der Waals surface area contributed by atoms with Crippen molar-refractivity contribution >= 4 is 20.1 Å². The molecule has 0 amide bonds. The largest absolute Gasteiger partial charge is 0.488 e. The van der Waals surface area contributed by atoms with Crippen LogP contribution >= 0.6 is 0 Å². The summed E-state index contributed by atoms with van der Waals surface area (Å²) in [7, 11) is -1.03. The molecule has 4 N–H and O–H groups in total. The van der Waals surface area contributed by atoms with Crippen LogP contribution in [0.15, 0.2) is 24.3 Å². The van der Waals surface area contributed by atoms with Crippen molar-refractivity contribution in [3.63, 3.8) is 0 Å². The highest BCUT2D eigenvalue weighted by molar-refractivity contribution is 6.58. The molecule has 14 heavy (non-hydrogen) atoms. The van der Waals surface area contributed by atoms with Gasteiger partial charge in [-0.2, -0.15) is 0 Å². The third-order valence-corrected chi connectivity index (χ3v) is 1.91. The Morgan fingerprint density at radius 2 is 1.93 bits per heavy atom. The summed E-state index contributed by atoms with van der Waals surface area (Å²) in [4.78, 5) is 0. The molecule has 73 valence electrons. The Bertz CT molecular complexity index is 281. The van der Waals surface area contributed by atoms with E-state index in [1.807, 2.05) is 0 Å². The van der Waals surface area contributed by atoms with Crippen LogP contribution in [0.3, 0.4) is 0 Å². The van der Waals surface area contributed by atoms with E-state index >= 15 is 0 Å². The van der Waals surface area contributed by atoms with Crippen LogP contribution in [0.2, 0.25) is 0 Å². The van der Waals surface area contributed by atoms with Gasteiger partial charge in [0.05, 0.1) is 0 Å². The molecule has 1 atom stereocenters. The summed E-state index contributed by atoms with van der Waals surface area (Å²) < 4.78 is 11.9.